The molecule has 0 spiro atoms. The highest BCUT2D eigenvalue weighted by Crippen LogP contribution is 2.28. The number of nitrogens with zero attached hydrogens (tertiary/aromatic N) is 4. The molecule has 0 saturated carbocycles. The minimum absolute atomic E-state index is 0.0195. The van der Waals surface area contributed by atoms with E-state index in [0.717, 1.165) is 29.2 Å². The standard InChI is InChI=1S/C38H41N5O6.C2H4O2/c1-24(2)43-36(47)31(29-13-9-14-30(25(29)3)35(46)34(45)27-11-5-4-6-12-27)22-41(38(43)49)23-33(44)40-19-17-28(18-20-40)42-21-16-26-10-7-8-15-32(26)39-37(42)48;1-2(3)4/h4-15,22,24,28,34,45H,16-21,23H2,1-3H3,(H,39,48);1H3,(H,3,4). The molecule has 2 aliphatic rings. The number of hydrogen-bond acceptors (Lipinski definition) is 7. The molecule has 0 radical (unpaired) electrons. The number of carboxylic acid groups (broad SMARTS) is 1. The smallest absolute Gasteiger partial charge is 0.331 e. The third kappa shape index (κ3) is 8.63. The van der Waals surface area contributed by atoms with E-state index in [1.54, 1.807) is 74.2 Å². The highest BCUT2D eigenvalue weighted by Gasteiger charge is 2.32. The quantitative estimate of drug-likeness (QED) is 0.221. The number of fused-ring (bicyclic) bond motifs is 1. The van der Waals surface area contributed by atoms with Crippen LogP contribution in [0, 0.1) is 6.92 Å². The van der Waals surface area contributed by atoms with Crippen molar-refractivity contribution < 1.29 is 29.4 Å². The van der Waals surface area contributed by atoms with Crippen molar-refractivity contribution in [1.29, 1.82) is 0 Å². The third-order valence-electron chi connectivity index (χ3n) is 9.66. The van der Waals surface area contributed by atoms with Gasteiger partial charge in [0.05, 0.1) is 5.56 Å². The molecular formula is C40H45N5O8. The maximum Gasteiger partial charge on any atom is 0.331 e. The summed E-state index contributed by atoms with van der Waals surface area (Å²) < 4.78 is 2.38. The predicted octanol–water partition coefficient (Wildman–Crippen LogP) is 4.65. The Balaban J connectivity index is 0.00000129. The van der Waals surface area contributed by atoms with Crippen molar-refractivity contribution in [1.82, 2.24) is 18.9 Å². The van der Waals surface area contributed by atoms with E-state index < -0.39 is 35.1 Å². The number of rotatable bonds is 8. The molecule has 6 rings (SSSR count). The maximum absolute atomic E-state index is 13.8. The third-order valence-corrected chi connectivity index (χ3v) is 9.66. The number of Topliss-reactive ketones (excluding diaryl/α,β-unsaturated/α-hetero) is 1. The summed E-state index contributed by atoms with van der Waals surface area (Å²) in [5.74, 6) is -1.61. The van der Waals surface area contributed by atoms with Crippen molar-refractivity contribution in [3.63, 3.8) is 0 Å². The van der Waals surface area contributed by atoms with E-state index >= 15 is 0 Å². The lowest BCUT2D eigenvalue weighted by Gasteiger charge is -2.38. The topological polar surface area (TPSA) is 171 Å². The number of carbonyl (C=O) groups excluding carboxylic acids is 3. The zero-order valence-corrected chi connectivity index (χ0v) is 30.3. The fraction of sp³-hybridized carbons (Fsp3) is 0.350. The van der Waals surface area contributed by atoms with E-state index in [0.29, 0.717) is 49.2 Å². The molecule has 278 valence electrons. The summed E-state index contributed by atoms with van der Waals surface area (Å²) >= 11 is 0. The van der Waals surface area contributed by atoms with Gasteiger partial charge in [0, 0.05) is 56.1 Å². The number of aliphatic hydroxyl groups is 1. The van der Waals surface area contributed by atoms with Crippen LogP contribution in [0.25, 0.3) is 11.1 Å². The molecule has 3 amide bonds. The highest BCUT2D eigenvalue weighted by molar-refractivity contribution is 6.02. The lowest BCUT2D eigenvalue weighted by molar-refractivity contribution is -0.135. The number of aliphatic carboxylic acids is 1. The van der Waals surface area contributed by atoms with Gasteiger partial charge in [-0.3, -0.25) is 28.3 Å². The summed E-state index contributed by atoms with van der Waals surface area (Å²) in [7, 11) is 0. The number of carboxylic acids is 1. The minimum atomic E-state index is -1.39. The summed E-state index contributed by atoms with van der Waals surface area (Å²) in [6.07, 6.45) is 1.97. The Bertz CT molecular complexity index is 2110. The molecule has 1 aromatic heterocycles. The molecule has 3 N–H and O–H groups in total. The van der Waals surface area contributed by atoms with Crippen LogP contribution in [0.15, 0.2) is 88.6 Å². The largest absolute Gasteiger partial charge is 0.481 e. The Morgan fingerprint density at radius 2 is 1.51 bits per heavy atom. The second kappa shape index (κ2) is 16.7. The Morgan fingerprint density at radius 3 is 2.17 bits per heavy atom. The van der Waals surface area contributed by atoms with Crippen molar-refractivity contribution in [3.8, 4) is 11.1 Å². The minimum Gasteiger partial charge on any atom is -0.481 e. The molecule has 1 saturated heterocycles. The normalized spacial score (nSPS) is 15.1. The maximum atomic E-state index is 13.8. The number of likely N-dealkylation sites (tertiary alicyclic amines) is 1. The van der Waals surface area contributed by atoms with Crippen molar-refractivity contribution >= 4 is 29.4 Å². The first-order valence-electron chi connectivity index (χ1n) is 17.6. The zero-order valence-electron chi connectivity index (χ0n) is 30.3. The van der Waals surface area contributed by atoms with Crippen LogP contribution >= 0.6 is 0 Å². The van der Waals surface area contributed by atoms with Crippen molar-refractivity contribution in [3.05, 3.63) is 122 Å². The van der Waals surface area contributed by atoms with E-state index in [2.05, 4.69) is 5.32 Å². The van der Waals surface area contributed by atoms with Gasteiger partial charge in [-0.2, -0.15) is 0 Å². The summed E-state index contributed by atoms with van der Waals surface area (Å²) in [5.41, 5.74) is 2.59. The van der Waals surface area contributed by atoms with E-state index in [1.165, 1.54) is 10.8 Å². The van der Waals surface area contributed by atoms with Gasteiger partial charge in [-0.15, -0.1) is 0 Å². The van der Waals surface area contributed by atoms with E-state index in [4.69, 9.17) is 9.90 Å². The molecule has 3 aromatic carbocycles. The molecule has 0 aliphatic carbocycles. The highest BCUT2D eigenvalue weighted by atomic mass is 16.4. The number of ketones is 1. The molecule has 13 nitrogen and oxygen atoms in total. The molecule has 4 aromatic rings. The second-order valence-corrected chi connectivity index (χ2v) is 13.5. The van der Waals surface area contributed by atoms with Gasteiger partial charge < -0.3 is 25.3 Å². The van der Waals surface area contributed by atoms with Crippen molar-refractivity contribution in [2.45, 2.75) is 71.7 Å². The Hall–Kier alpha value is -5.82. The van der Waals surface area contributed by atoms with Gasteiger partial charge in [0.25, 0.3) is 11.5 Å². The van der Waals surface area contributed by atoms with Crippen LogP contribution in [0.4, 0.5) is 10.5 Å². The summed E-state index contributed by atoms with van der Waals surface area (Å²) in [4.78, 5) is 80.0. The molecular weight excluding hydrogens is 678 g/mol. The van der Waals surface area contributed by atoms with Crippen LogP contribution in [0.2, 0.25) is 0 Å². The van der Waals surface area contributed by atoms with Crippen LogP contribution in [0.3, 0.4) is 0 Å². The number of urea groups is 1. The molecule has 0 bridgehead atoms. The second-order valence-electron chi connectivity index (χ2n) is 13.5. The first kappa shape index (κ1) is 38.4. The summed E-state index contributed by atoms with van der Waals surface area (Å²) in [5, 5.41) is 21.3. The van der Waals surface area contributed by atoms with Gasteiger partial charge >= 0.3 is 11.7 Å². The summed E-state index contributed by atoms with van der Waals surface area (Å²) in [6, 6.07) is 20.7. The molecule has 53 heavy (non-hydrogen) atoms. The molecule has 13 heteroatoms. The lowest BCUT2D eigenvalue weighted by atomic mass is 9.92. The lowest BCUT2D eigenvalue weighted by Crippen LogP contribution is -2.51. The number of aliphatic hydroxyl groups excluding tert-OH is 1. The van der Waals surface area contributed by atoms with Gasteiger partial charge in [-0.1, -0.05) is 66.7 Å². The van der Waals surface area contributed by atoms with E-state index in [1.807, 2.05) is 29.2 Å². The fourth-order valence-electron chi connectivity index (χ4n) is 6.91. The van der Waals surface area contributed by atoms with Gasteiger partial charge in [-0.25, -0.2) is 9.59 Å². The Kier molecular flexibility index (Phi) is 12.1. The number of carbonyl (C=O) groups is 4. The average molecular weight is 724 g/mol. The number of aromatic nitrogens is 2. The molecule has 1 unspecified atom stereocenters. The molecule has 3 heterocycles. The van der Waals surface area contributed by atoms with Crippen LogP contribution < -0.4 is 16.6 Å². The molecule has 2 aliphatic heterocycles. The van der Waals surface area contributed by atoms with Crippen LogP contribution in [-0.2, 0) is 22.6 Å². The number of nitrogens with one attached hydrogen (secondary N) is 1. The number of para-hydroxylation sites is 1. The van der Waals surface area contributed by atoms with E-state index in [-0.39, 0.29) is 35.7 Å². The van der Waals surface area contributed by atoms with Gasteiger partial charge in [-0.05, 0) is 68.4 Å². The molecule has 1 fully saturated rings. The van der Waals surface area contributed by atoms with Gasteiger partial charge in [0.2, 0.25) is 5.91 Å². The number of anilines is 1. The first-order valence-corrected chi connectivity index (χ1v) is 17.6. The number of piperidine rings is 1. The van der Waals surface area contributed by atoms with Crippen molar-refractivity contribution in [2.24, 2.45) is 0 Å². The SMILES string of the molecule is CC(=O)O.Cc1c(C(=O)C(O)c2ccccc2)cccc1-c1cn(CC(=O)N2CCC(N3CCc4ccccc4NC3=O)CC2)c(=O)n(C(C)C)c1=O. The summed E-state index contributed by atoms with van der Waals surface area (Å²) in [6.45, 7) is 7.42. The van der Waals surface area contributed by atoms with Crippen LogP contribution in [0.5, 0.6) is 0 Å². The Morgan fingerprint density at radius 1 is 0.868 bits per heavy atom. The number of benzene rings is 3. The average Bonchev–Trinajstić information content (AvgIpc) is 3.30. The Labute approximate surface area is 307 Å². The van der Waals surface area contributed by atoms with Crippen molar-refractivity contribution in [2.75, 3.05) is 25.0 Å². The predicted molar refractivity (Wildman–Crippen MR) is 200 cm³/mol. The van der Waals surface area contributed by atoms with Gasteiger partial charge in [0.15, 0.2) is 5.78 Å². The number of amides is 3. The number of hydrogen-bond donors (Lipinski definition) is 3. The zero-order chi connectivity index (χ0) is 38.4. The monoisotopic (exact) mass is 723 g/mol. The van der Waals surface area contributed by atoms with Gasteiger partial charge in [0.1, 0.15) is 12.6 Å². The van der Waals surface area contributed by atoms with Crippen LogP contribution in [-0.4, -0.2) is 78.5 Å². The van der Waals surface area contributed by atoms with E-state index in [9.17, 15) is 29.1 Å². The molecule has 1 atom stereocenters. The van der Waals surface area contributed by atoms with Crippen LogP contribution in [0.1, 0.15) is 72.8 Å². The first-order chi connectivity index (χ1) is 25.3. The fourth-order valence-corrected chi connectivity index (χ4v) is 6.91.